The van der Waals surface area contributed by atoms with Gasteiger partial charge in [-0.25, -0.2) is 4.99 Å². The molecule has 0 saturated carbocycles. The summed E-state index contributed by atoms with van der Waals surface area (Å²) >= 11 is 1.79. The fourth-order valence-corrected chi connectivity index (χ4v) is 3.44. The molecule has 0 aliphatic heterocycles. The molecule has 1 unspecified atom stereocenters. The van der Waals surface area contributed by atoms with E-state index in [1.54, 1.807) is 18.4 Å². The number of aromatic nitrogens is 1. The molecule has 136 valence electrons. The number of thiophene rings is 1. The molecule has 25 heavy (non-hydrogen) atoms. The second-order valence-electron chi connectivity index (χ2n) is 6.04. The van der Waals surface area contributed by atoms with Crippen molar-refractivity contribution >= 4 is 17.3 Å². The zero-order valence-electron chi connectivity index (χ0n) is 15.7. The summed E-state index contributed by atoms with van der Waals surface area (Å²) < 4.78 is 5.47. The standard InChI is InChI=1S/C19H28N4OS/c1-6-20-19(22-10-13(2)17-8-7-9-25-17)23-12-16-15(4)18(24-5)14(3)11-21-16/h7-9,11,13H,6,10,12H2,1-5H3,(H2,20,22,23). The van der Waals surface area contributed by atoms with Crippen molar-refractivity contribution in [1.82, 2.24) is 15.6 Å². The minimum Gasteiger partial charge on any atom is -0.496 e. The molecule has 0 aliphatic rings. The molecule has 2 rings (SSSR count). The average Bonchev–Trinajstić information content (AvgIpc) is 3.13. The van der Waals surface area contributed by atoms with Gasteiger partial charge in [0.2, 0.25) is 0 Å². The first kappa shape index (κ1) is 19.2. The van der Waals surface area contributed by atoms with Gasteiger partial charge in [0.05, 0.1) is 19.3 Å². The Hall–Kier alpha value is -2.08. The molecule has 5 nitrogen and oxygen atoms in total. The maximum absolute atomic E-state index is 5.47. The zero-order chi connectivity index (χ0) is 18.2. The molecule has 2 N–H and O–H groups in total. The van der Waals surface area contributed by atoms with E-state index in [0.29, 0.717) is 12.5 Å². The fraction of sp³-hybridized carbons (Fsp3) is 0.474. The summed E-state index contributed by atoms with van der Waals surface area (Å²) in [6.45, 7) is 10.5. The largest absolute Gasteiger partial charge is 0.496 e. The monoisotopic (exact) mass is 360 g/mol. The van der Waals surface area contributed by atoms with E-state index in [4.69, 9.17) is 4.74 Å². The Morgan fingerprint density at radius 1 is 1.36 bits per heavy atom. The van der Waals surface area contributed by atoms with E-state index in [-0.39, 0.29) is 0 Å². The van der Waals surface area contributed by atoms with Crippen molar-refractivity contribution in [3.63, 3.8) is 0 Å². The van der Waals surface area contributed by atoms with Gasteiger partial charge in [0.25, 0.3) is 0 Å². The van der Waals surface area contributed by atoms with Crippen LogP contribution in [-0.4, -0.2) is 31.1 Å². The molecular weight excluding hydrogens is 332 g/mol. The van der Waals surface area contributed by atoms with Gasteiger partial charge >= 0.3 is 0 Å². The number of nitrogens with zero attached hydrogens (tertiary/aromatic N) is 2. The highest BCUT2D eigenvalue weighted by molar-refractivity contribution is 7.10. The van der Waals surface area contributed by atoms with E-state index in [9.17, 15) is 0 Å². The molecule has 0 aromatic carbocycles. The van der Waals surface area contributed by atoms with Crippen LogP contribution in [-0.2, 0) is 6.54 Å². The number of aryl methyl sites for hydroxylation is 1. The van der Waals surface area contributed by atoms with Gasteiger partial charge in [0.1, 0.15) is 5.75 Å². The lowest BCUT2D eigenvalue weighted by molar-refractivity contribution is 0.407. The van der Waals surface area contributed by atoms with Crippen molar-refractivity contribution in [1.29, 1.82) is 0 Å². The molecule has 0 spiro atoms. The molecule has 1 atom stereocenters. The van der Waals surface area contributed by atoms with Gasteiger partial charge < -0.3 is 15.4 Å². The van der Waals surface area contributed by atoms with Crippen LogP contribution in [0.25, 0.3) is 0 Å². The Balaban J connectivity index is 2.04. The van der Waals surface area contributed by atoms with Crippen LogP contribution in [0.3, 0.4) is 0 Å². The van der Waals surface area contributed by atoms with Gasteiger partial charge in [-0.05, 0) is 32.2 Å². The summed E-state index contributed by atoms with van der Waals surface area (Å²) in [6, 6.07) is 4.27. The van der Waals surface area contributed by atoms with Gasteiger partial charge in [-0.3, -0.25) is 4.98 Å². The maximum atomic E-state index is 5.47. The SMILES string of the molecule is CCNC(=NCc1ncc(C)c(OC)c1C)NCC(C)c1cccs1. The molecule has 0 aliphatic carbocycles. The van der Waals surface area contributed by atoms with Gasteiger partial charge in [-0.15, -0.1) is 11.3 Å². The molecule has 2 aromatic rings. The van der Waals surface area contributed by atoms with E-state index in [1.165, 1.54) is 4.88 Å². The zero-order valence-corrected chi connectivity index (χ0v) is 16.5. The summed E-state index contributed by atoms with van der Waals surface area (Å²) in [5.41, 5.74) is 3.03. The molecule has 0 bridgehead atoms. The number of guanidine groups is 1. The first-order valence-electron chi connectivity index (χ1n) is 8.61. The lowest BCUT2D eigenvalue weighted by atomic mass is 10.1. The smallest absolute Gasteiger partial charge is 0.191 e. The first-order valence-corrected chi connectivity index (χ1v) is 9.49. The van der Waals surface area contributed by atoms with Gasteiger partial charge in [-0.1, -0.05) is 13.0 Å². The molecule has 6 heteroatoms. The minimum atomic E-state index is 0.447. The number of methoxy groups -OCH3 is 1. The summed E-state index contributed by atoms with van der Waals surface area (Å²) in [5.74, 6) is 2.15. The number of hydrogen-bond acceptors (Lipinski definition) is 4. The average molecular weight is 361 g/mol. The summed E-state index contributed by atoms with van der Waals surface area (Å²) in [5, 5.41) is 8.84. The second kappa shape index (κ2) is 9.42. The van der Waals surface area contributed by atoms with Crippen molar-refractivity contribution in [2.45, 2.75) is 40.2 Å². The van der Waals surface area contributed by atoms with E-state index >= 15 is 0 Å². The molecule has 2 aromatic heterocycles. The van der Waals surface area contributed by atoms with Crippen LogP contribution < -0.4 is 15.4 Å². The number of nitrogens with one attached hydrogen (secondary N) is 2. The predicted molar refractivity (Wildman–Crippen MR) is 106 cm³/mol. The summed E-state index contributed by atoms with van der Waals surface area (Å²) in [7, 11) is 1.69. The molecule has 0 saturated heterocycles. The van der Waals surface area contributed by atoms with Gasteiger partial charge in [0.15, 0.2) is 5.96 Å². The summed E-state index contributed by atoms with van der Waals surface area (Å²) in [4.78, 5) is 10.6. The highest BCUT2D eigenvalue weighted by Crippen LogP contribution is 2.24. The summed E-state index contributed by atoms with van der Waals surface area (Å²) in [6.07, 6.45) is 1.84. The van der Waals surface area contributed by atoms with Crippen molar-refractivity contribution in [2.24, 2.45) is 4.99 Å². The maximum Gasteiger partial charge on any atom is 0.191 e. The highest BCUT2D eigenvalue weighted by Gasteiger charge is 2.10. The van der Waals surface area contributed by atoms with Gasteiger partial charge in [0, 0.05) is 41.2 Å². The van der Waals surface area contributed by atoms with Crippen LogP contribution in [0.4, 0.5) is 0 Å². The number of ether oxygens (including phenoxy) is 1. The molecule has 2 heterocycles. The molecular formula is C19H28N4OS. The van der Waals surface area contributed by atoms with E-state index in [2.05, 4.69) is 52.0 Å². The third kappa shape index (κ3) is 5.19. The Labute approximate surface area is 154 Å². The first-order chi connectivity index (χ1) is 12.1. The van der Waals surface area contributed by atoms with E-state index < -0.39 is 0 Å². The number of aliphatic imine (C=N–C) groups is 1. The lowest BCUT2D eigenvalue weighted by Gasteiger charge is -2.15. The molecule has 0 amide bonds. The normalized spacial score (nSPS) is 12.8. The number of hydrogen-bond donors (Lipinski definition) is 2. The second-order valence-corrected chi connectivity index (χ2v) is 7.02. The van der Waals surface area contributed by atoms with Crippen LogP contribution in [0.5, 0.6) is 5.75 Å². The Morgan fingerprint density at radius 2 is 2.16 bits per heavy atom. The number of pyridine rings is 1. The van der Waals surface area contributed by atoms with Crippen molar-refractivity contribution in [3.8, 4) is 5.75 Å². The highest BCUT2D eigenvalue weighted by atomic mass is 32.1. The Kier molecular flexibility index (Phi) is 7.25. The lowest BCUT2D eigenvalue weighted by Crippen LogP contribution is -2.39. The van der Waals surface area contributed by atoms with Crippen LogP contribution in [0, 0.1) is 13.8 Å². The van der Waals surface area contributed by atoms with Crippen molar-refractivity contribution in [3.05, 3.63) is 45.4 Å². The number of rotatable bonds is 7. The van der Waals surface area contributed by atoms with E-state index in [0.717, 1.165) is 41.6 Å². The fourth-order valence-electron chi connectivity index (χ4n) is 2.65. The van der Waals surface area contributed by atoms with Crippen LogP contribution >= 0.6 is 11.3 Å². The quantitative estimate of drug-likeness (QED) is 0.585. The van der Waals surface area contributed by atoms with Crippen LogP contribution in [0.15, 0.2) is 28.7 Å². The van der Waals surface area contributed by atoms with Crippen molar-refractivity contribution in [2.75, 3.05) is 20.2 Å². The third-order valence-electron chi connectivity index (χ3n) is 4.09. The topological polar surface area (TPSA) is 58.5 Å². The Morgan fingerprint density at radius 3 is 2.80 bits per heavy atom. The third-order valence-corrected chi connectivity index (χ3v) is 5.19. The van der Waals surface area contributed by atoms with Crippen LogP contribution in [0.1, 0.15) is 41.5 Å². The van der Waals surface area contributed by atoms with Crippen LogP contribution in [0.2, 0.25) is 0 Å². The predicted octanol–water partition coefficient (Wildman–Crippen LogP) is 3.63. The van der Waals surface area contributed by atoms with Gasteiger partial charge in [-0.2, -0.15) is 0 Å². The minimum absolute atomic E-state index is 0.447. The molecule has 0 fully saturated rings. The molecule has 0 radical (unpaired) electrons. The Bertz CT molecular complexity index is 698. The van der Waals surface area contributed by atoms with E-state index in [1.807, 2.05) is 20.0 Å². The van der Waals surface area contributed by atoms with Crippen molar-refractivity contribution < 1.29 is 4.74 Å².